The first-order valence-corrected chi connectivity index (χ1v) is 3.78. The lowest BCUT2D eigenvalue weighted by Gasteiger charge is -2.05. The lowest BCUT2D eigenvalue weighted by atomic mass is 10.1. The molecule has 1 aliphatic heterocycles. The van der Waals surface area contributed by atoms with Crippen LogP contribution in [0.4, 0.5) is 0 Å². The van der Waals surface area contributed by atoms with Crippen LogP contribution >= 0.6 is 12.4 Å². The average molecular weight is 164 g/mol. The largest absolute Gasteiger partial charge is 0.392 e. The van der Waals surface area contributed by atoms with Crippen molar-refractivity contribution in [3.63, 3.8) is 0 Å². The molecule has 2 unspecified atom stereocenters. The lowest BCUT2D eigenvalue weighted by molar-refractivity contribution is 0.192. The number of hydrogen-bond acceptors (Lipinski definition) is 2. The van der Waals surface area contributed by atoms with Crippen LogP contribution in [0.1, 0.15) is 19.3 Å². The molecule has 10 heavy (non-hydrogen) atoms. The van der Waals surface area contributed by atoms with Gasteiger partial charge in [0.05, 0.1) is 6.10 Å². The maximum Gasteiger partial charge on any atom is 0.0679 e. The minimum atomic E-state index is -0.0596. The van der Waals surface area contributed by atoms with Gasteiger partial charge in [-0.25, -0.2) is 0 Å². The fourth-order valence-corrected chi connectivity index (χ4v) is 1.60. The zero-order valence-corrected chi connectivity index (χ0v) is 6.73. The number of rotatable bonds is 1. The molecule has 0 radical (unpaired) electrons. The first kappa shape index (κ1) is 8.31. The molecule has 1 aliphatic carbocycles. The fourth-order valence-electron chi connectivity index (χ4n) is 1.60. The van der Waals surface area contributed by atoms with E-state index >= 15 is 0 Å². The molecule has 0 bridgehead atoms. The quantitative estimate of drug-likeness (QED) is 0.592. The molecular weight excluding hydrogens is 150 g/mol. The van der Waals surface area contributed by atoms with Crippen molar-refractivity contribution in [2.45, 2.75) is 31.4 Å². The van der Waals surface area contributed by atoms with E-state index in [1.165, 1.54) is 12.8 Å². The van der Waals surface area contributed by atoms with Crippen LogP contribution in [0, 0.1) is 5.92 Å². The van der Waals surface area contributed by atoms with Crippen molar-refractivity contribution in [1.29, 1.82) is 0 Å². The number of hydrogen-bond donors (Lipinski definition) is 2. The van der Waals surface area contributed by atoms with Crippen LogP contribution < -0.4 is 5.32 Å². The van der Waals surface area contributed by atoms with Gasteiger partial charge in [0.15, 0.2) is 0 Å². The predicted octanol–water partition coefficient (Wildman–Crippen LogP) is 0.541. The van der Waals surface area contributed by atoms with E-state index < -0.39 is 0 Å². The molecule has 2 aliphatic rings. The van der Waals surface area contributed by atoms with Crippen LogP contribution in [0.15, 0.2) is 0 Å². The van der Waals surface area contributed by atoms with Crippen molar-refractivity contribution < 1.29 is 5.11 Å². The van der Waals surface area contributed by atoms with Crippen molar-refractivity contribution in [3.8, 4) is 0 Å². The molecule has 60 valence electrons. The van der Waals surface area contributed by atoms with Crippen molar-refractivity contribution in [2.24, 2.45) is 5.92 Å². The minimum absolute atomic E-state index is 0. The van der Waals surface area contributed by atoms with Gasteiger partial charge in [0.25, 0.3) is 0 Å². The van der Waals surface area contributed by atoms with Gasteiger partial charge in [-0.15, -0.1) is 12.4 Å². The van der Waals surface area contributed by atoms with E-state index in [0.717, 1.165) is 18.9 Å². The summed E-state index contributed by atoms with van der Waals surface area (Å²) in [6.07, 6.45) is 3.69. The zero-order chi connectivity index (χ0) is 6.27. The summed E-state index contributed by atoms with van der Waals surface area (Å²) in [5.41, 5.74) is 0. The minimum Gasteiger partial charge on any atom is -0.392 e. The van der Waals surface area contributed by atoms with Crippen LogP contribution in [-0.4, -0.2) is 23.8 Å². The van der Waals surface area contributed by atoms with E-state index in [0.29, 0.717) is 6.04 Å². The molecule has 1 saturated carbocycles. The third-order valence-electron chi connectivity index (χ3n) is 2.33. The predicted molar refractivity (Wildman–Crippen MR) is 42.4 cm³/mol. The van der Waals surface area contributed by atoms with Crippen LogP contribution in [-0.2, 0) is 0 Å². The second-order valence-corrected chi connectivity index (χ2v) is 3.24. The van der Waals surface area contributed by atoms with Gasteiger partial charge in [0.1, 0.15) is 0 Å². The number of nitrogens with one attached hydrogen (secondary N) is 1. The summed E-state index contributed by atoms with van der Waals surface area (Å²) in [5.74, 6) is 0.905. The van der Waals surface area contributed by atoms with E-state index in [1.54, 1.807) is 0 Å². The molecule has 2 rings (SSSR count). The van der Waals surface area contributed by atoms with E-state index in [4.69, 9.17) is 5.11 Å². The molecule has 0 aromatic carbocycles. The number of halogens is 1. The maximum absolute atomic E-state index is 9.11. The van der Waals surface area contributed by atoms with Gasteiger partial charge >= 0.3 is 0 Å². The van der Waals surface area contributed by atoms with Crippen LogP contribution in [0.3, 0.4) is 0 Å². The zero-order valence-electron chi connectivity index (χ0n) is 5.92. The number of aliphatic hydroxyl groups excluding tert-OH is 1. The van der Waals surface area contributed by atoms with Gasteiger partial charge in [-0.2, -0.15) is 0 Å². The molecule has 2 nitrogen and oxygen atoms in total. The highest BCUT2D eigenvalue weighted by molar-refractivity contribution is 5.85. The van der Waals surface area contributed by atoms with Crippen molar-refractivity contribution >= 4 is 12.4 Å². The van der Waals surface area contributed by atoms with Gasteiger partial charge < -0.3 is 10.4 Å². The Bertz CT molecular complexity index is 116. The standard InChI is InChI=1S/C7H13NO.ClH/c9-6-3-7(8-4-6)5-1-2-5;/h5-9H,1-4H2;1H. The van der Waals surface area contributed by atoms with Gasteiger partial charge in [-0.3, -0.25) is 0 Å². The van der Waals surface area contributed by atoms with Crippen molar-refractivity contribution in [3.05, 3.63) is 0 Å². The monoisotopic (exact) mass is 163 g/mol. The third-order valence-corrected chi connectivity index (χ3v) is 2.33. The number of aliphatic hydroxyl groups is 1. The normalized spacial score (nSPS) is 39.3. The van der Waals surface area contributed by atoms with Crippen molar-refractivity contribution in [2.75, 3.05) is 6.54 Å². The van der Waals surface area contributed by atoms with E-state index in [9.17, 15) is 0 Å². The van der Waals surface area contributed by atoms with Gasteiger partial charge in [0.2, 0.25) is 0 Å². The molecule has 2 N–H and O–H groups in total. The Hall–Kier alpha value is 0.210. The highest BCUT2D eigenvalue weighted by Gasteiger charge is 2.35. The molecule has 0 aromatic heterocycles. The Balaban J connectivity index is 0.000000500. The first-order valence-electron chi connectivity index (χ1n) is 3.78. The van der Waals surface area contributed by atoms with Gasteiger partial charge in [-0.1, -0.05) is 0 Å². The average Bonchev–Trinajstić information content (AvgIpc) is 2.58. The topological polar surface area (TPSA) is 32.3 Å². The highest BCUT2D eigenvalue weighted by atomic mass is 35.5. The SMILES string of the molecule is Cl.OC1CNC(C2CC2)C1. The summed E-state index contributed by atoms with van der Waals surface area (Å²) in [6, 6.07) is 0.653. The summed E-state index contributed by atoms with van der Waals surface area (Å²) >= 11 is 0. The van der Waals surface area contributed by atoms with Crippen LogP contribution in [0.25, 0.3) is 0 Å². The summed E-state index contributed by atoms with van der Waals surface area (Å²) in [6.45, 7) is 0.821. The second kappa shape index (κ2) is 3.07. The summed E-state index contributed by atoms with van der Waals surface area (Å²) in [5, 5.41) is 12.4. The molecule has 1 saturated heterocycles. The molecule has 1 heterocycles. The van der Waals surface area contributed by atoms with Gasteiger partial charge in [-0.05, 0) is 25.2 Å². The molecule has 0 aromatic rings. The Kier molecular flexibility index (Phi) is 2.55. The highest BCUT2D eigenvalue weighted by Crippen LogP contribution is 2.35. The second-order valence-electron chi connectivity index (χ2n) is 3.24. The third kappa shape index (κ3) is 1.62. The molecule has 2 fully saturated rings. The number of β-amino-alcohol motifs (C(OH)–C–C–N with tert-alkyl or cyclic N) is 1. The fraction of sp³-hybridized carbons (Fsp3) is 1.00. The molecule has 3 heteroatoms. The lowest BCUT2D eigenvalue weighted by Crippen LogP contribution is -2.23. The van der Waals surface area contributed by atoms with E-state index in [-0.39, 0.29) is 18.5 Å². The van der Waals surface area contributed by atoms with Gasteiger partial charge in [0, 0.05) is 12.6 Å². The first-order chi connectivity index (χ1) is 4.36. The Labute approximate surface area is 67.4 Å². The van der Waals surface area contributed by atoms with E-state index in [1.807, 2.05) is 0 Å². The summed E-state index contributed by atoms with van der Waals surface area (Å²) in [4.78, 5) is 0. The molecule has 0 amide bonds. The maximum atomic E-state index is 9.11. The van der Waals surface area contributed by atoms with Crippen LogP contribution in [0.2, 0.25) is 0 Å². The molecule has 0 spiro atoms. The van der Waals surface area contributed by atoms with E-state index in [2.05, 4.69) is 5.32 Å². The summed E-state index contributed by atoms with van der Waals surface area (Å²) in [7, 11) is 0. The molecular formula is C7H14ClNO. The van der Waals surface area contributed by atoms with Crippen LogP contribution in [0.5, 0.6) is 0 Å². The Morgan fingerprint density at radius 2 is 2.00 bits per heavy atom. The Morgan fingerprint density at radius 1 is 1.30 bits per heavy atom. The van der Waals surface area contributed by atoms with Crippen molar-refractivity contribution in [1.82, 2.24) is 5.32 Å². The molecule has 2 atom stereocenters. The Morgan fingerprint density at radius 3 is 2.40 bits per heavy atom. The smallest absolute Gasteiger partial charge is 0.0679 e. The summed E-state index contributed by atoms with van der Waals surface area (Å²) < 4.78 is 0.